The zero-order valence-corrected chi connectivity index (χ0v) is 19.9. The van der Waals surface area contributed by atoms with E-state index < -0.39 is 0 Å². The number of anilines is 2. The third kappa shape index (κ3) is 5.20. The predicted molar refractivity (Wildman–Crippen MR) is 135 cm³/mol. The third-order valence-corrected chi connectivity index (χ3v) is 6.27. The highest BCUT2D eigenvalue weighted by Crippen LogP contribution is 2.20. The van der Waals surface area contributed by atoms with E-state index in [1.54, 1.807) is 16.8 Å². The molecule has 0 aliphatic carbocycles. The minimum absolute atomic E-state index is 0.0407. The predicted octanol–water partition coefficient (Wildman–Crippen LogP) is 2.46. The number of amides is 1. The van der Waals surface area contributed by atoms with Crippen LogP contribution in [0.4, 0.5) is 11.8 Å². The van der Waals surface area contributed by atoms with Crippen LogP contribution in [0.5, 0.6) is 0 Å². The van der Waals surface area contributed by atoms with Crippen molar-refractivity contribution in [2.45, 2.75) is 45.7 Å². The number of benzene rings is 1. The van der Waals surface area contributed by atoms with E-state index in [4.69, 9.17) is 5.73 Å². The summed E-state index contributed by atoms with van der Waals surface area (Å²) in [4.78, 5) is 36.6. The maximum Gasteiger partial charge on any atom is 0.264 e. The van der Waals surface area contributed by atoms with Crippen molar-refractivity contribution in [1.82, 2.24) is 24.8 Å². The molecule has 1 amide bonds. The monoisotopic (exact) mass is 463 g/mol. The summed E-state index contributed by atoms with van der Waals surface area (Å²) in [5, 5.41) is 7.10. The molecular weight excluding hydrogens is 430 g/mol. The number of carbonyl (C=O) groups excluding carboxylic acids is 1. The van der Waals surface area contributed by atoms with Gasteiger partial charge in [0.1, 0.15) is 11.2 Å². The molecule has 0 spiro atoms. The molecule has 3 heterocycles. The first-order chi connectivity index (χ1) is 16.5. The van der Waals surface area contributed by atoms with E-state index in [-0.39, 0.29) is 23.5 Å². The molecular formula is C25H33N7O2. The Morgan fingerprint density at radius 1 is 1.15 bits per heavy atom. The van der Waals surface area contributed by atoms with Crippen LogP contribution in [0.2, 0.25) is 0 Å². The van der Waals surface area contributed by atoms with Crippen molar-refractivity contribution in [3.63, 3.8) is 0 Å². The van der Waals surface area contributed by atoms with E-state index in [2.05, 4.69) is 34.4 Å². The van der Waals surface area contributed by atoms with Crippen molar-refractivity contribution >= 4 is 28.6 Å². The lowest BCUT2D eigenvalue weighted by Crippen LogP contribution is -2.46. The molecule has 1 aliphatic heterocycles. The number of hydrogen-bond donors (Lipinski definition) is 3. The number of piperazine rings is 1. The molecule has 1 saturated heterocycles. The summed E-state index contributed by atoms with van der Waals surface area (Å²) < 4.78 is 1.64. The first-order valence-corrected chi connectivity index (χ1v) is 12.0. The summed E-state index contributed by atoms with van der Waals surface area (Å²) in [5.74, 6) is 0.668. The van der Waals surface area contributed by atoms with E-state index in [1.807, 2.05) is 29.2 Å². The van der Waals surface area contributed by atoms with Crippen LogP contribution < -0.4 is 21.9 Å². The van der Waals surface area contributed by atoms with Gasteiger partial charge in [-0.3, -0.25) is 9.59 Å². The number of aromatic nitrogens is 3. The zero-order chi connectivity index (χ0) is 24.1. The molecule has 1 fully saturated rings. The number of nitrogens with one attached hydrogen (secondary N) is 2. The van der Waals surface area contributed by atoms with Gasteiger partial charge in [0, 0.05) is 44.0 Å². The van der Waals surface area contributed by atoms with Gasteiger partial charge in [-0.05, 0) is 36.6 Å². The fourth-order valence-corrected chi connectivity index (χ4v) is 4.35. The standard InChI is InChI=1S/C25H33N7O2/c1-3-5-19(4-2)28-22-21-20(29-25(26)30-22)10-13-32(24(21)34)16-17-6-8-18(9-7-17)23(33)31-14-11-27-12-15-31/h6-10,13,19,27H,3-5,11-12,14-16H2,1-2H3,(H3,26,28,29,30)/t19-/m1/s1. The number of pyridine rings is 1. The van der Waals surface area contributed by atoms with Crippen LogP contribution in [0.3, 0.4) is 0 Å². The highest BCUT2D eigenvalue weighted by Gasteiger charge is 2.18. The molecule has 34 heavy (non-hydrogen) atoms. The smallest absolute Gasteiger partial charge is 0.264 e. The molecule has 0 radical (unpaired) electrons. The minimum Gasteiger partial charge on any atom is -0.368 e. The van der Waals surface area contributed by atoms with Crippen LogP contribution in [-0.2, 0) is 6.54 Å². The van der Waals surface area contributed by atoms with Gasteiger partial charge in [0.05, 0.1) is 12.1 Å². The minimum atomic E-state index is -0.174. The number of nitrogens with two attached hydrogens (primary N) is 1. The fourth-order valence-electron chi connectivity index (χ4n) is 4.35. The van der Waals surface area contributed by atoms with Gasteiger partial charge in [-0.15, -0.1) is 0 Å². The van der Waals surface area contributed by atoms with Gasteiger partial charge in [-0.2, -0.15) is 4.98 Å². The first-order valence-electron chi connectivity index (χ1n) is 12.0. The summed E-state index contributed by atoms with van der Waals surface area (Å²) in [7, 11) is 0. The second kappa shape index (κ2) is 10.6. The Morgan fingerprint density at radius 2 is 1.88 bits per heavy atom. The lowest BCUT2D eigenvalue weighted by Gasteiger charge is -2.27. The zero-order valence-electron chi connectivity index (χ0n) is 19.9. The van der Waals surface area contributed by atoms with E-state index >= 15 is 0 Å². The molecule has 9 heteroatoms. The van der Waals surface area contributed by atoms with Crippen LogP contribution in [0.1, 0.15) is 49.0 Å². The van der Waals surface area contributed by atoms with Gasteiger partial charge >= 0.3 is 0 Å². The van der Waals surface area contributed by atoms with Crippen molar-refractivity contribution in [3.05, 3.63) is 58.0 Å². The lowest BCUT2D eigenvalue weighted by molar-refractivity contribution is 0.0736. The molecule has 0 unspecified atom stereocenters. The Morgan fingerprint density at radius 3 is 2.56 bits per heavy atom. The van der Waals surface area contributed by atoms with Gasteiger partial charge in [-0.25, -0.2) is 4.98 Å². The Bertz CT molecular complexity index is 1200. The summed E-state index contributed by atoms with van der Waals surface area (Å²) in [5.41, 5.74) is 7.86. The van der Waals surface area contributed by atoms with Crippen LogP contribution in [0, 0.1) is 0 Å². The highest BCUT2D eigenvalue weighted by molar-refractivity contribution is 5.94. The van der Waals surface area contributed by atoms with Crippen molar-refractivity contribution in [2.75, 3.05) is 37.2 Å². The normalized spacial score (nSPS) is 14.8. The molecule has 3 aromatic rings. The lowest BCUT2D eigenvalue weighted by atomic mass is 10.1. The molecule has 4 rings (SSSR count). The number of nitrogens with zero attached hydrogens (tertiary/aromatic N) is 4. The molecule has 1 aliphatic rings. The van der Waals surface area contributed by atoms with Crippen molar-refractivity contribution in [1.29, 1.82) is 0 Å². The van der Waals surface area contributed by atoms with Gasteiger partial charge in [-0.1, -0.05) is 32.4 Å². The molecule has 1 atom stereocenters. The van der Waals surface area contributed by atoms with Crippen molar-refractivity contribution in [3.8, 4) is 0 Å². The van der Waals surface area contributed by atoms with Crippen LogP contribution in [0.15, 0.2) is 41.3 Å². The quantitative estimate of drug-likeness (QED) is 0.470. The van der Waals surface area contributed by atoms with E-state index in [9.17, 15) is 9.59 Å². The number of carbonyl (C=O) groups is 1. The number of rotatable bonds is 8. The van der Waals surface area contributed by atoms with Crippen molar-refractivity contribution in [2.24, 2.45) is 0 Å². The number of nitrogen functional groups attached to an aromatic ring is 1. The average molecular weight is 464 g/mol. The Balaban J connectivity index is 1.59. The van der Waals surface area contributed by atoms with Gasteiger partial charge in [0.15, 0.2) is 0 Å². The maximum atomic E-state index is 13.4. The second-order valence-corrected chi connectivity index (χ2v) is 8.72. The first kappa shape index (κ1) is 23.7. The average Bonchev–Trinajstić information content (AvgIpc) is 2.85. The van der Waals surface area contributed by atoms with Gasteiger partial charge in [0.25, 0.3) is 11.5 Å². The molecule has 0 bridgehead atoms. The summed E-state index contributed by atoms with van der Waals surface area (Å²) >= 11 is 0. The van der Waals surface area contributed by atoms with Gasteiger partial charge < -0.3 is 25.8 Å². The van der Waals surface area contributed by atoms with Gasteiger partial charge in [0.2, 0.25) is 5.95 Å². The molecule has 2 aromatic heterocycles. The summed E-state index contributed by atoms with van der Waals surface area (Å²) in [6.45, 7) is 7.69. The van der Waals surface area contributed by atoms with E-state index in [0.717, 1.165) is 37.9 Å². The van der Waals surface area contributed by atoms with Crippen LogP contribution in [0.25, 0.3) is 10.9 Å². The Labute approximate surface area is 199 Å². The Hall–Kier alpha value is -3.46. The van der Waals surface area contributed by atoms with E-state index in [0.29, 0.717) is 41.9 Å². The second-order valence-electron chi connectivity index (χ2n) is 8.72. The number of hydrogen-bond acceptors (Lipinski definition) is 7. The van der Waals surface area contributed by atoms with Crippen molar-refractivity contribution < 1.29 is 4.79 Å². The summed E-state index contributed by atoms with van der Waals surface area (Å²) in [6.07, 6.45) is 4.65. The SMILES string of the molecule is CCC[C@@H](CC)Nc1nc(N)nc2ccn(Cc3ccc(C(=O)N4CCNCC4)cc3)c(=O)c12. The largest absolute Gasteiger partial charge is 0.368 e. The topological polar surface area (TPSA) is 118 Å². The molecule has 0 saturated carbocycles. The Kier molecular flexibility index (Phi) is 7.42. The number of fused-ring (bicyclic) bond motifs is 1. The van der Waals surface area contributed by atoms with Crippen LogP contribution >= 0.6 is 0 Å². The molecule has 4 N–H and O–H groups in total. The highest BCUT2D eigenvalue weighted by atomic mass is 16.2. The van der Waals surface area contributed by atoms with E-state index in [1.165, 1.54) is 0 Å². The molecule has 9 nitrogen and oxygen atoms in total. The van der Waals surface area contributed by atoms with Crippen LogP contribution in [-0.4, -0.2) is 57.6 Å². The molecule has 1 aromatic carbocycles. The molecule has 180 valence electrons. The summed E-state index contributed by atoms with van der Waals surface area (Å²) in [6, 6.07) is 9.47. The maximum absolute atomic E-state index is 13.4. The fraction of sp³-hybridized carbons (Fsp3) is 0.440. The third-order valence-electron chi connectivity index (χ3n) is 6.27.